The zero-order valence-electron chi connectivity index (χ0n) is 13.7. The Hall–Kier alpha value is -1.82. The highest BCUT2D eigenvalue weighted by Crippen LogP contribution is 2.35. The summed E-state index contributed by atoms with van der Waals surface area (Å²) in [6, 6.07) is 2.38. The Morgan fingerprint density at radius 1 is 1.22 bits per heavy atom. The lowest BCUT2D eigenvalue weighted by molar-refractivity contribution is -0.160. The molecule has 2 rings (SSSR count). The number of ketones is 1. The first kappa shape index (κ1) is 17.5. The second kappa shape index (κ2) is 6.35. The van der Waals surface area contributed by atoms with Crippen molar-refractivity contribution >= 4 is 11.8 Å². The summed E-state index contributed by atoms with van der Waals surface area (Å²) in [6.07, 6.45) is 0.272. The predicted octanol–water partition coefficient (Wildman–Crippen LogP) is 2.91. The summed E-state index contributed by atoms with van der Waals surface area (Å²) in [6.45, 7) is 6.68. The molecule has 1 saturated heterocycles. The molecule has 1 aromatic carbocycles. The van der Waals surface area contributed by atoms with E-state index in [2.05, 4.69) is 5.32 Å². The highest BCUT2D eigenvalue weighted by Gasteiger charge is 2.42. The van der Waals surface area contributed by atoms with Crippen molar-refractivity contribution in [3.63, 3.8) is 0 Å². The van der Waals surface area contributed by atoms with Gasteiger partial charge in [0.2, 0.25) is 0 Å². The van der Waals surface area contributed by atoms with E-state index in [1.165, 1.54) is 13.0 Å². The summed E-state index contributed by atoms with van der Waals surface area (Å²) < 4.78 is 32.0. The number of carbonyl (C=O) groups is 2. The molecule has 6 heteroatoms. The molecule has 1 fully saturated rings. The molecule has 4 nitrogen and oxygen atoms in total. The van der Waals surface area contributed by atoms with E-state index < -0.39 is 41.2 Å². The molecule has 126 valence electrons. The fourth-order valence-corrected chi connectivity index (χ4v) is 2.72. The summed E-state index contributed by atoms with van der Waals surface area (Å²) in [5.41, 5.74) is -0.243. The van der Waals surface area contributed by atoms with Crippen molar-refractivity contribution in [3.05, 3.63) is 35.4 Å². The van der Waals surface area contributed by atoms with Gasteiger partial charge in [-0.05, 0) is 51.8 Å². The number of rotatable bonds is 3. The summed E-state index contributed by atoms with van der Waals surface area (Å²) in [4.78, 5) is 24.1. The Bertz CT molecular complexity index is 625. The lowest BCUT2D eigenvalue weighted by Gasteiger charge is -2.25. The molecule has 0 amide bonds. The first-order chi connectivity index (χ1) is 10.6. The Balaban J connectivity index is 2.30. The van der Waals surface area contributed by atoms with Gasteiger partial charge in [-0.2, -0.15) is 0 Å². The Morgan fingerprint density at radius 2 is 1.87 bits per heavy atom. The van der Waals surface area contributed by atoms with E-state index in [0.29, 0.717) is 5.56 Å². The second-order valence-corrected chi connectivity index (χ2v) is 6.86. The van der Waals surface area contributed by atoms with Crippen LogP contribution in [-0.4, -0.2) is 23.4 Å². The quantitative estimate of drug-likeness (QED) is 0.868. The third-order valence-electron chi connectivity index (χ3n) is 3.78. The SMILES string of the molecule is CC(=O)[C@@H]1C[C@@H](C(=O)OC(C)(C)C)[C@H](c2ccc(F)c(F)c2)N1. The third-order valence-corrected chi connectivity index (χ3v) is 3.78. The van der Waals surface area contributed by atoms with Crippen molar-refractivity contribution in [2.24, 2.45) is 5.92 Å². The first-order valence-electron chi connectivity index (χ1n) is 7.53. The van der Waals surface area contributed by atoms with Gasteiger partial charge in [0.1, 0.15) is 11.4 Å². The molecule has 0 saturated carbocycles. The molecular weight excluding hydrogens is 304 g/mol. The maximum absolute atomic E-state index is 13.5. The molecule has 0 aliphatic carbocycles. The molecule has 0 radical (unpaired) electrons. The van der Waals surface area contributed by atoms with Gasteiger partial charge in [0.25, 0.3) is 0 Å². The lowest BCUT2D eigenvalue weighted by Crippen LogP contribution is -2.32. The normalized spacial score (nSPS) is 24.5. The topological polar surface area (TPSA) is 55.4 Å². The maximum atomic E-state index is 13.5. The number of halogens is 2. The molecule has 1 heterocycles. The minimum absolute atomic E-state index is 0.108. The Kier molecular flexibility index (Phi) is 4.84. The molecule has 0 aromatic heterocycles. The van der Waals surface area contributed by atoms with Crippen molar-refractivity contribution in [2.75, 3.05) is 0 Å². The minimum Gasteiger partial charge on any atom is -0.460 e. The highest BCUT2D eigenvalue weighted by molar-refractivity contribution is 5.84. The number of benzene rings is 1. The van der Waals surface area contributed by atoms with Crippen LogP contribution in [0.4, 0.5) is 8.78 Å². The monoisotopic (exact) mass is 325 g/mol. The summed E-state index contributed by atoms with van der Waals surface area (Å²) in [5, 5.41) is 3.03. The molecule has 0 unspecified atom stereocenters. The number of hydrogen-bond donors (Lipinski definition) is 1. The van der Waals surface area contributed by atoms with Gasteiger partial charge in [0, 0.05) is 6.04 Å². The Labute approximate surface area is 134 Å². The Morgan fingerprint density at radius 3 is 2.39 bits per heavy atom. The molecule has 1 aromatic rings. The van der Waals surface area contributed by atoms with Crippen LogP contribution in [0.25, 0.3) is 0 Å². The number of Topliss-reactive ketones (excluding diaryl/α,β-unsaturated/α-hetero) is 1. The largest absolute Gasteiger partial charge is 0.460 e. The van der Waals surface area contributed by atoms with E-state index in [1.54, 1.807) is 20.8 Å². The van der Waals surface area contributed by atoms with E-state index >= 15 is 0 Å². The second-order valence-electron chi connectivity index (χ2n) is 6.86. The average Bonchev–Trinajstić information content (AvgIpc) is 2.85. The van der Waals surface area contributed by atoms with Crippen LogP contribution in [0.2, 0.25) is 0 Å². The smallest absolute Gasteiger partial charge is 0.311 e. The number of esters is 1. The molecule has 3 atom stereocenters. The number of nitrogens with one attached hydrogen (secondary N) is 1. The summed E-state index contributed by atoms with van der Waals surface area (Å²) in [7, 11) is 0. The molecule has 0 spiro atoms. The van der Waals surface area contributed by atoms with E-state index in [0.717, 1.165) is 12.1 Å². The fourth-order valence-electron chi connectivity index (χ4n) is 2.72. The third kappa shape index (κ3) is 4.13. The maximum Gasteiger partial charge on any atom is 0.311 e. The van der Waals surface area contributed by atoms with Crippen molar-refractivity contribution in [3.8, 4) is 0 Å². The van der Waals surface area contributed by atoms with Gasteiger partial charge in [-0.1, -0.05) is 6.07 Å². The van der Waals surface area contributed by atoms with Crippen LogP contribution in [-0.2, 0) is 14.3 Å². The van der Waals surface area contributed by atoms with Crippen LogP contribution in [0, 0.1) is 17.6 Å². The lowest BCUT2D eigenvalue weighted by atomic mass is 9.92. The molecule has 0 bridgehead atoms. The zero-order valence-corrected chi connectivity index (χ0v) is 13.7. The molecule has 1 aliphatic rings. The minimum atomic E-state index is -0.987. The summed E-state index contributed by atoms with van der Waals surface area (Å²) >= 11 is 0. The van der Waals surface area contributed by atoms with Gasteiger partial charge in [-0.3, -0.25) is 14.9 Å². The molecular formula is C17H21F2NO3. The van der Waals surface area contributed by atoms with Crippen molar-refractivity contribution < 1.29 is 23.1 Å². The van der Waals surface area contributed by atoms with Crippen LogP contribution in [0.5, 0.6) is 0 Å². The van der Waals surface area contributed by atoms with Crippen LogP contribution >= 0.6 is 0 Å². The number of hydrogen-bond acceptors (Lipinski definition) is 4. The van der Waals surface area contributed by atoms with Gasteiger partial charge in [-0.25, -0.2) is 8.78 Å². The van der Waals surface area contributed by atoms with Crippen molar-refractivity contribution in [1.29, 1.82) is 0 Å². The zero-order chi connectivity index (χ0) is 17.4. The van der Waals surface area contributed by atoms with Gasteiger partial charge >= 0.3 is 5.97 Å². The highest BCUT2D eigenvalue weighted by atomic mass is 19.2. The predicted molar refractivity (Wildman–Crippen MR) is 80.7 cm³/mol. The number of ether oxygens (including phenoxy) is 1. The summed E-state index contributed by atoms with van der Waals surface area (Å²) in [5.74, 6) is -3.14. The standard InChI is InChI=1S/C17H21F2NO3/c1-9(21)14-8-11(16(22)23-17(2,3)4)15(20-14)10-5-6-12(18)13(19)7-10/h5-7,11,14-15,20H,8H2,1-4H3/t11-,14+,15+/m1/s1. The van der Waals surface area contributed by atoms with E-state index in [4.69, 9.17) is 4.74 Å². The fraction of sp³-hybridized carbons (Fsp3) is 0.529. The van der Waals surface area contributed by atoms with Gasteiger partial charge in [0.05, 0.1) is 12.0 Å². The molecule has 1 N–H and O–H groups in total. The van der Waals surface area contributed by atoms with Crippen molar-refractivity contribution in [1.82, 2.24) is 5.32 Å². The van der Waals surface area contributed by atoms with Crippen LogP contribution < -0.4 is 5.32 Å². The average molecular weight is 325 g/mol. The van der Waals surface area contributed by atoms with Crippen molar-refractivity contribution in [2.45, 2.75) is 51.8 Å². The number of carbonyl (C=O) groups excluding carboxylic acids is 2. The van der Waals surface area contributed by atoms with Gasteiger partial charge in [0.15, 0.2) is 11.6 Å². The molecule has 23 heavy (non-hydrogen) atoms. The molecule has 1 aliphatic heterocycles. The van der Waals surface area contributed by atoms with Crippen LogP contribution in [0.3, 0.4) is 0 Å². The van der Waals surface area contributed by atoms with E-state index in [-0.39, 0.29) is 12.2 Å². The van der Waals surface area contributed by atoms with Crippen LogP contribution in [0.15, 0.2) is 18.2 Å². The van der Waals surface area contributed by atoms with Gasteiger partial charge < -0.3 is 4.74 Å². The van der Waals surface area contributed by atoms with E-state index in [9.17, 15) is 18.4 Å². The first-order valence-corrected chi connectivity index (χ1v) is 7.53. The van der Waals surface area contributed by atoms with Crippen LogP contribution in [0.1, 0.15) is 45.7 Å². The van der Waals surface area contributed by atoms with Gasteiger partial charge in [-0.15, -0.1) is 0 Å². The van der Waals surface area contributed by atoms with E-state index in [1.807, 2.05) is 0 Å².